The maximum Gasteiger partial charge on any atom is 0.315 e. The van der Waals surface area contributed by atoms with Gasteiger partial charge in [-0.25, -0.2) is 4.79 Å². The Kier molecular flexibility index (Phi) is 5.08. The monoisotopic (exact) mass is 340 g/mol. The Morgan fingerprint density at radius 1 is 1.32 bits per heavy atom. The number of nitrogens with zero attached hydrogens (tertiary/aromatic N) is 4. The van der Waals surface area contributed by atoms with Gasteiger partial charge in [0.15, 0.2) is 5.82 Å². The van der Waals surface area contributed by atoms with Crippen molar-refractivity contribution in [1.82, 2.24) is 30.6 Å². The highest BCUT2D eigenvalue weighted by Crippen LogP contribution is 2.12. The third-order valence-corrected chi connectivity index (χ3v) is 3.66. The van der Waals surface area contributed by atoms with E-state index in [1.54, 1.807) is 13.1 Å². The van der Waals surface area contributed by atoms with Gasteiger partial charge in [0.25, 0.3) is 0 Å². The van der Waals surface area contributed by atoms with Crippen LogP contribution in [-0.4, -0.2) is 26.0 Å². The van der Waals surface area contributed by atoms with Crippen molar-refractivity contribution in [3.05, 3.63) is 65.6 Å². The number of rotatable bonds is 6. The van der Waals surface area contributed by atoms with E-state index in [4.69, 9.17) is 4.52 Å². The van der Waals surface area contributed by atoms with Crippen molar-refractivity contribution in [2.75, 3.05) is 0 Å². The highest BCUT2D eigenvalue weighted by molar-refractivity contribution is 5.74. The molecule has 1 aromatic carbocycles. The van der Waals surface area contributed by atoms with Crippen LogP contribution in [-0.2, 0) is 13.1 Å². The molecule has 0 aliphatic heterocycles. The van der Waals surface area contributed by atoms with Crippen molar-refractivity contribution in [2.24, 2.45) is 0 Å². The normalized spacial score (nSPS) is 11.9. The average molecular weight is 340 g/mol. The van der Waals surface area contributed by atoms with Gasteiger partial charge >= 0.3 is 6.03 Å². The summed E-state index contributed by atoms with van der Waals surface area (Å²) in [6.45, 7) is 4.51. The predicted octanol–water partition coefficient (Wildman–Crippen LogP) is 2.18. The molecule has 0 unspecified atom stereocenters. The number of carbonyl (C=O) groups excluding carboxylic acids is 1. The van der Waals surface area contributed by atoms with Crippen LogP contribution in [0.1, 0.15) is 35.8 Å². The molecule has 2 heterocycles. The molecular formula is C17H20N6O2. The van der Waals surface area contributed by atoms with Crippen molar-refractivity contribution in [3.8, 4) is 0 Å². The largest absolute Gasteiger partial charge is 0.340 e. The molecule has 8 heteroatoms. The van der Waals surface area contributed by atoms with Crippen molar-refractivity contribution < 1.29 is 9.32 Å². The minimum atomic E-state index is -0.300. The van der Waals surface area contributed by atoms with E-state index >= 15 is 0 Å². The topological polar surface area (TPSA) is 97.9 Å². The fourth-order valence-electron chi connectivity index (χ4n) is 2.36. The fraction of sp³-hybridized carbons (Fsp3) is 0.294. The van der Waals surface area contributed by atoms with Crippen LogP contribution >= 0.6 is 0 Å². The van der Waals surface area contributed by atoms with Crippen molar-refractivity contribution in [3.63, 3.8) is 0 Å². The van der Waals surface area contributed by atoms with E-state index in [2.05, 4.69) is 38.0 Å². The van der Waals surface area contributed by atoms with Gasteiger partial charge in [0.2, 0.25) is 5.89 Å². The second-order valence-corrected chi connectivity index (χ2v) is 5.74. The van der Waals surface area contributed by atoms with Gasteiger partial charge in [-0.05, 0) is 12.5 Å². The summed E-state index contributed by atoms with van der Waals surface area (Å²) in [5.41, 5.74) is 2.10. The molecule has 3 aromatic rings. The van der Waals surface area contributed by atoms with Crippen LogP contribution < -0.4 is 10.6 Å². The molecule has 130 valence electrons. The zero-order valence-electron chi connectivity index (χ0n) is 14.1. The quantitative estimate of drug-likeness (QED) is 0.717. The summed E-state index contributed by atoms with van der Waals surface area (Å²) in [5, 5.41) is 13.6. The fourth-order valence-corrected chi connectivity index (χ4v) is 2.36. The van der Waals surface area contributed by atoms with Gasteiger partial charge in [-0.3, -0.25) is 4.68 Å². The van der Waals surface area contributed by atoms with Crippen LogP contribution in [0.5, 0.6) is 0 Å². The molecule has 0 aliphatic carbocycles. The van der Waals surface area contributed by atoms with Gasteiger partial charge in [-0.2, -0.15) is 10.1 Å². The lowest BCUT2D eigenvalue weighted by atomic mass is 10.2. The van der Waals surface area contributed by atoms with Gasteiger partial charge in [-0.15, -0.1) is 0 Å². The first-order valence-corrected chi connectivity index (χ1v) is 8.00. The third kappa shape index (κ3) is 4.66. The van der Waals surface area contributed by atoms with Crippen molar-refractivity contribution >= 4 is 6.03 Å². The lowest BCUT2D eigenvalue weighted by Crippen LogP contribution is -2.36. The first kappa shape index (κ1) is 16.7. The molecule has 1 atom stereocenters. The highest BCUT2D eigenvalue weighted by atomic mass is 16.5. The van der Waals surface area contributed by atoms with E-state index in [1.165, 1.54) is 5.56 Å². The Labute approximate surface area is 145 Å². The second kappa shape index (κ2) is 7.61. The maximum atomic E-state index is 12.0. The number of urea groups is 1. The molecule has 0 bridgehead atoms. The molecule has 3 rings (SSSR count). The van der Waals surface area contributed by atoms with Gasteiger partial charge in [-0.1, -0.05) is 35.5 Å². The molecule has 0 fully saturated rings. The van der Waals surface area contributed by atoms with Gasteiger partial charge in [0.1, 0.15) is 0 Å². The summed E-state index contributed by atoms with van der Waals surface area (Å²) in [7, 11) is 0. The van der Waals surface area contributed by atoms with Gasteiger partial charge in [0.05, 0.1) is 25.3 Å². The first-order valence-electron chi connectivity index (χ1n) is 8.00. The second-order valence-electron chi connectivity index (χ2n) is 5.74. The standard InChI is InChI=1S/C17H20N6O2/c1-12(20-17(24)18-9-16-21-13(2)25-22-16)15-8-19-23(11-15)10-14-6-4-3-5-7-14/h3-8,11-12H,9-10H2,1-2H3,(H2,18,20,24)/t12-/m0/s1. The zero-order valence-corrected chi connectivity index (χ0v) is 14.1. The highest BCUT2D eigenvalue weighted by Gasteiger charge is 2.12. The number of aryl methyl sites for hydroxylation is 1. The zero-order chi connectivity index (χ0) is 17.6. The molecule has 2 amide bonds. The molecule has 0 saturated carbocycles. The van der Waals surface area contributed by atoms with Crippen LogP contribution in [0.3, 0.4) is 0 Å². The molecular weight excluding hydrogens is 320 g/mol. The van der Waals surface area contributed by atoms with E-state index in [0.717, 1.165) is 5.56 Å². The molecule has 2 aromatic heterocycles. The van der Waals surface area contributed by atoms with Gasteiger partial charge in [0, 0.05) is 18.7 Å². The summed E-state index contributed by atoms with van der Waals surface area (Å²) in [4.78, 5) is 16.0. The van der Waals surface area contributed by atoms with Crippen molar-refractivity contribution in [2.45, 2.75) is 33.0 Å². The smallest absolute Gasteiger partial charge is 0.315 e. The Balaban J connectivity index is 1.50. The van der Waals surface area contributed by atoms with Crippen LogP contribution in [0.2, 0.25) is 0 Å². The lowest BCUT2D eigenvalue weighted by Gasteiger charge is -2.12. The summed E-state index contributed by atoms with van der Waals surface area (Å²) in [6, 6.07) is 9.62. The SMILES string of the molecule is Cc1nc(CNC(=O)N[C@@H](C)c2cnn(Cc3ccccc3)c2)no1. The van der Waals surface area contributed by atoms with Crippen LogP contribution in [0.25, 0.3) is 0 Å². The van der Waals surface area contributed by atoms with Gasteiger partial charge < -0.3 is 15.2 Å². The Morgan fingerprint density at radius 3 is 2.84 bits per heavy atom. The summed E-state index contributed by atoms with van der Waals surface area (Å²) >= 11 is 0. The van der Waals surface area contributed by atoms with E-state index in [9.17, 15) is 4.79 Å². The number of hydrogen-bond acceptors (Lipinski definition) is 5. The van der Waals surface area contributed by atoms with Crippen LogP contribution in [0.4, 0.5) is 4.79 Å². The summed E-state index contributed by atoms with van der Waals surface area (Å²) in [5.74, 6) is 0.910. The molecule has 0 radical (unpaired) electrons. The summed E-state index contributed by atoms with van der Waals surface area (Å²) < 4.78 is 6.70. The number of amides is 2. The maximum absolute atomic E-state index is 12.0. The number of hydrogen-bond donors (Lipinski definition) is 2. The summed E-state index contributed by atoms with van der Waals surface area (Å²) in [6.07, 6.45) is 3.69. The number of benzene rings is 1. The Bertz CT molecular complexity index is 827. The molecule has 25 heavy (non-hydrogen) atoms. The van der Waals surface area contributed by atoms with Crippen molar-refractivity contribution in [1.29, 1.82) is 0 Å². The third-order valence-electron chi connectivity index (χ3n) is 3.66. The Morgan fingerprint density at radius 2 is 2.12 bits per heavy atom. The van der Waals surface area contributed by atoms with E-state index in [0.29, 0.717) is 18.3 Å². The van der Waals surface area contributed by atoms with Crippen LogP contribution in [0, 0.1) is 6.92 Å². The minimum absolute atomic E-state index is 0.170. The molecule has 0 saturated heterocycles. The van der Waals surface area contributed by atoms with Crippen LogP contribution in [0.15, 0.2) is 47.2 Å². The molecule has 0 spiro atoms. The number of nitrogens with one attached hydrogen (secondary N) is 2. The minimum Gasteiger partial charge on any atom is -0.340 e. The average Bonchev–Trinajstić information content (AvgIpc) is 3.23. The van der Waals surface area contributed by atoms with E-state index in [-0.39, 0.29) is 18.6 Å². The predicted molar refractivity (Wildman–Crippen MR) is 90.6 cm³/mol. The first-order chi connectivity index (χ1) is 12.1. The number of aromatic nitrogens is 4. The lowest BCUT2D eigenvalue weighted by molar-refractivity contribution is 0.237. The molecule has 0 aliphatic rings. The molecule has 8 nitrogen and oxygen atoms in total. The number of carbonyl (C=O) groups is 1. The van der Waals surface area contributed by atoms with E-state index in [1.807, 2.05) is 36.0 Å². The van der Waals surface area contributed by atoms with E-state index < -0.39 is 0 Å². The Hall–Kier alpha value is -3.16. The molecule has 2 N–H and O–H groups in total.